The SMILES string of the molecule is N=c1ccc(Cl)c(CC(=O)NCc2cc(Cl)ccc2CCN)n1O. The van der Waals surface area contributed by atoms with E-state index >= 15 is 0 Å². The van der Waals surface area contributed by atoms with Gasteiger partial charge in [-0.2, -0.15) is 4.73 Å². The van der Waals surface area contributed by atoms with Crippen LogP contribution in [0.5, 0.6) is 0 Å². The molecule has 8 heteroatoms. The zero-order chi connectivity index (χ0) is 17.7. The molecule has 0 bridgehead atoms. The van der Waals surface area contributed by atoms with Crippen molar-refractivity contribution in [2.24, 2.45) is 5.73 Å². The van der Waals surface area contributed by atoms with Crippen LogP contribution in [0.4, 0.5) is 0 Å². The first-order chi connectivity index (χ1) is 11.4. The number of halogens is 2. The smallest absolute Gasteiger partial charge is 0.226 e. The van der Waals surface area contributed by atoms with Gasteiger partial charge in [0.15, 0.2) is 5.49 Å². The lowest BCUT2D eigenvalue weighted by molar-refractivity contribution is -0.120. The van der Waals surface area contributed by atoms with Gasteiger partial charge >= 0.3 is 0 Å². The lowest BCUT2D eigenvalue weighted by atomic mass is 10.0. The molecule has 0 aliphatic heterocycles. The van der Waals surface area contributed by atoms with Crippen LogP contribution >= 0.6 is 23.2 Å². The van der Waals surface area contributed by atoms with E-state index in [1.165, 1.54) is 12.1 Å². The molecule has 0 saturated carbocycles. The lowest BCUT2D eigenvalue weighted by Gasteiger charge is -2.12. The highest BCUT2D eigenvalue weighted by atomic mass is 35.5. The fraction of sp³-hybridized carbons (Fsp3) is 0.250. The molecule has 0 aliphatic rings. The lowest BCUT2D eigenvalue weighted by Crippen LogP contribution is -2.29. The Balaban J connectivity index is 2.08. The molecule has 2 rings (SSSR count). The molecule has 1 aromatic carbocycles. The van der Waals surface area contributed by atoms with Crippen LogP contribution in [-0.4, -0.2) is 22.4 Å². The number of rotatable bonds is 6. The van der Waals surface area contributed by atoms with Crippen molar-refractivity contribution in [1.82, 2.24) is 10.0 Å². The number of nitrogens with zero attached hydrogens (tertiary/aromatic N) is 1. The summed E-state index contributed by atoms with van der Waals surface area (Å²) in [6.45, 7) is 0.789. The van der Waals surface area contributed by atoms with Crippen LogP contribution in [-0.2, 0) is 24.2 Å². The van der Waals surface area contributed by atoms with Gasteiger partial charge < -0.3 is 16.3 Å². The number of amides is 1. The predicted octanol–water partition coefficient (Wildman–Crippen LogP) is 1.87. The minimum absolute atomic E-state index is 0.144. The molecule has 24 heavy (non-hydrogen) atoms. The summed E-state index contributed by atoms with van der Waals surface area (Å²) >= 11 is 12.0. The summed E-state index contributed by atoms with van der Waals surface area (Å²) in [5.74, 6) is -0.330. The Kier molecular flexibility index (Phi) is 6.25. The van der Waals surface area contributed by atoms with Gasteiger partial charge in [0, 0.05) is 11.6 Å². The fourth-order valence-corrected chi connectivity index (χ4v) is 2.70. The molecule has 1 aromatic heterocycles. The largest absolute Gasteiger partial charge is 0.427 e. The predicted molar refractivity (Wildman–Crippen MR) is 92.2 cm³/mol. The molecule has 1 amide bonds. The number of carbonyl (C=O) groups is 1. The van der Waals surface area contributed by atoms with E-state index in [-0.39, 0.29) is 28.5 Å². The summed E-state index contributed by atoms with van der Waals surface area (Å²) in [5, 5.41) is 20.9. The van der Waals surface area contributed by atoms with Crippen LogP contribution in [0.1, 0.15) is 16.8 Å². The molecule has 1 heterocycles. The zero-order valence-electron chi connectivity index (χ0n) is 12.9. The average molecular weight is 369 g/mol. The van der Waals surface area contributed by atoms with E-state index in [1.54, 1.807) is 12.1 Å². The third-order valence-electron chi connectivity index (χ3n) is 3.53. The van der Waals surface area contributed by atoms with Gasteiger partial charge in [0.2, 0.25) is 5.91 Å². The summed E-state index contributed by atoms with van der Waals surface area (Å²) < 4.78 is 0.598. The highest BCUT2D eigenvalue weighted by Gasteiger charge is 2.12. The third-order valence-corrected chi connectivity index (χ3v) is 4.11. The van der Waals surface area contributed by atoms with Crippen molar-refractivity contribution in [2.75, 3.05) is 6.54 Å². The normalized spacial score (nSPS) is 10.6. The highest BCUT2D eigenvalue weighted by Crippen LogP contribution is 2.17. The molecule has 0 radical (unpaired) electrons. The van der Waals surface area contributed by atoms with Crippen LogP contribution in [0, 0.1) is 5.41 Å². The van der Waals surface area contributed by atoms with Gasteiger partial charge in [-0.15, -0.1) is 0 Å². The molecule has 0 spiro atoms. The number of nitrogens with two attached hydrogens (primary N) is 1. The summed E-state index contributed by atoms with van der Waals surface area (Å²) in [6.07, 6.45) is 0.542. The van der Waals surface area contributed by atoms with E-state index < -0.39 is 0 Å². The number of carbonyl (C=O) groups excluding carboxylic acids is 1. The summed E-state index contributed by atoms with van der Waals surface area (Å²) in [5.41, 5.74) is 7.51. The van der Waals surface area contributed by atoms with E-state index in [9.17, 15) is 10.0 Å². The van der Waals surface area contributed by atoms with Gasteiger partial charge in [-0.25, -0.2) is 0 Å². The zero-order valence-corrected chi connectivity index (χ0v) is 14.4. The van der Waals surface area contributed by atoms with Gasteiger partial charge in [-0.3, -0.25) is 10.2 Å². The Hall–Kier alpha value is -2.02. The van der Waals surface area contributed by atoms with Crippen molar-refractivity contribution < 1.29 is 10.0 Å². The van der Waals surface area contributed by atoms with Gasteiger partial charge in [0.25, 0.3) is 0 Å². The first kappa shape index (κ1) is 18.3. The second kappa shape index (κ2) is 8.19. The maximum atomic E-state index is 12.1. The fourth-order valence-electron chi connectivity index (χ4n) is 2.29. The maximum Gasteiger partial charge on any atom is 0.226 e. The van der Waals surface area contributed by atoms with E-state index in [1.807, 2.05) is 6.07 Å². The van der Waals surface area contributed by atoms with E-state index in [2.05, 4.69) is 5.32 Å². The molecule has 2 aromatic rings. The van der Waals surface area contributed by atoms with E-state index in [0.717, 1.165) is 11.1 Å². The molecule has 0 fully saturated rings. The summed E-state index contributed by atoms with van der Waals surface area (Å²) in [6, 6.07) is 8.27. The summed E-state index contributed by atoms with van der Waals surface area (Å²) in [4.78, 5) is 12.1. The number of pyridine rings is 1. The standard InChI is InChI=1S/C16H18Cl2N4O2/c17-12-2-1-10(5-6-19)11(7-12)9-21-16(23)8-14-13(18)3-4-15(20)22(14)24/h1-4,7,20,24H,5-6,8-9,19H2,(H,21,23). The van der Waals surface area contributed by atoms with Gasteiger partial charge in [0.05, 0.1) is 17.1 Å². The van der Waals surface area contributed by atoms with Gasteiger partial charge in [-0.1, -0.05) is 29.3 Å². The molecule has 6 nitrogen and oxygen atoms in total. The van der Waals surface area contributed by atoms with Crippen LogP contribution in [0.3, 0.4) is 0 Å². The first-order valence-electron chi connectivity index (χ1n) is 7.30. The molecular formula is C16H18Cl2N4O2. The van der Waals surface area contributed by atoms with Gasteiger partial charge in [-0.05, 0) is 48.4 Å². The monoisotopic (exact) mass is 368 g/mol. The average Bonchev–Trinajstić information content (AvgIpc) is 2.55. The number of hydrogen-bond acceptors (Lipinski definition) is 4. The van der Waals surface area contributed by atoms with Crippen molar-refractivity contribution >= 4 is 29.1 Å². The number of hydrogen-bond donors (Lipinski definition) is 4. The molecule has 5 N–H and O–H groups in total. The molecule has 0 aliphatic carbocycles. The highest BCUT2D eigenvalue weighted by molar-refractivity contribution is 6.31. The topological polar surface area (TPSA) is 104 Å². The van der Waals surface area contributed by atoms with Crippen LogP contribution < -0.4 is 16.5 Å². The van der Waals surface area contributed by atoms with Crippen LogP contribution in [0.2, 0.25) is 10.0 Å². The van der Waals surface area contributed by atoms with Crippen molar-refractivity contribution in [3.05, 3.63) is 62.7 Å². The van der Waals surface area contributed by atoms with Gasteiger partial charge in [0.1, 0.15) is 0 Å². The second-order valence-corrected chi connectivity index (χ2v) is 6.07. The minimum Gasteiger partial charge on any atom is -0.427 e. The summed E-state index contributed by atoms with van der Waals surface area (Å²) in [7, 11) is 0. The molecule has 0 unspecified atom stereocenters. The molecule has 128 valence electrons. The Morgan fingerprint density at radius 2 is 2.00 bits per heavy atom. The Morgan fingerprint density at radius 1 is 1.25 bits per heavy atom. The van der Waals surface area contributed by atoms with Crippen molar-refractivity contribution in [3.8, 4) is 0 Å². The Labute approximate surface area is 149 Å². The Bertz CT molecular complexity index is 805. The molecular weight excluding hydrogens is 351 g/mol. The third kappa shape index (κ3) is 4.50. The van der Waals surface area contributed by atoms with Crippen molar-refractivity contribution in [1.29, 1.82) is 5.41 Å². The number of nitrogens with one attached hydrogen (secondary N) is 2. The minimum atomic E-state index is -0.330. The van der Waals surface area contributed by atoms with Crippen LogP contribution in [0.25, 0.3) is 0 Å². The van der Waals surface area contributed by atoms with Crippen LogP contribution in [0.15, 0.2) is 30.3 Å². The second-order valence-electron chi connectivity index (χ2n) is 5.23. The Morgan fingerprint density at radius 3 is 2.71 bits per heavy atom. The maximum absolute atomic E-state index is 12.1. The quantitative estimate of drug-likeness (QED) is 0.585. The number of benzene rings is 1. The van der Waals surface area contributed by atoms with Crippen molar-refractivity contribution in [2.45, 2.75) is 19.4 Å². The van der Waals surface area contributed by atoms with Crippen molar-refractivity contribution in [3.63, 3.8) is 0 Å². The first-order valence-corrected chi connectivity index (χ1v) is 8.06. The molecule has 0 saturated heterocycles. The van der Waals surface area contributed by atoms with E-state index in [0.29, 0.717) is 29.3 Å². The number of aromatic nitrogens is 1. The van der Waals surface area contributed by atoms with E-state index in [4.69, 9.17) is 34.3 Å². The molecule has 0 atom stereocenters.